The topological polar surface area (TPSA) is 68.2 Å². The van der Waals surface area contributed by atoms with Crippen LogP contribution in [-0.2, 0) is 24.2 Å². The predicted molar refractivity (Wildman–Crippen MR) is 105 cm³/mol. The van der Waals surface area contributed by atoms with Gasteiger partial charge in [-0.2, -0.15) is 5.10 Å². The number of aromatic nitrogens is 2. The van der Waals surface area contributed by atoms with Crippen LogP contribution in [0.4, 0.5) is 5.00 Å². The molecule has 25 heavy (non-hydrogen) atoms. The lowest BCUT2D eigenvalue weighted by Crippen LogP contribution is -2.28. The van der Waals surface area contributed by atoms with Gasteiger partial charge in [-0.15, -0.1) is 11.3 Å². The quantitative estimate of drug-likeness (QED) is 0.591. The van der Waals surface area contributed by atoms with Crippen LogP contribution in [0.25, 0.3) is 0 Å². The highest BCUT2D eigenvalue weighted by molar-refractivity contribution is 7.80. The summed E-state index contributed by atoms with van der Waals surface area (Å²) in [6.07, 6.45) is 2.61. The Balaban J connectivity index is 2.10. The molecular formula is C17H24N4O2S2. The van der Waals surface area contributed by atoms with Gasteiger partial charge in [0.2, 0.25) is 0 Å². The van der Waals surface area contributed by atoms with Crippen molar-refractivity contribution in [3.63, 3.8) is 0 Å². The third-order valence-electron chi connectivity index (χ3n) is 4.12. The van der Waals surface area contributed by atoms with Crippen LogP contribution in [0, 0.1) is 13.8 Å². The molecule has 2 aromatic heterocycles. The molecular weight excluding hydrogens is 356 g/mol. The monoisotopic (exact) mass is 380 g/mol. The van der Waals surface area contributed by atoms with E-state index in [1.807, 2.05) is 31.6 Å². The maximum atomic E-state index is 12.1. The molecule has 0 saturated carbocycles. The molecule has 2 N–H and O–H groups in total. The lowest BCUT2D eigenvalue weighted by atomic mass is 10.1. The Labute approximate surface area is 157 Å². The lowest BCUT2D eigenvalue weighted by Gasteiger charge is -2.11. The van der Waals surface area contributed by atoms with Crippen molar-refractivity contribution in [3.8, 4) is 0 Å². The molecule has 0 unspecified atom stereocenters. The number of rotatable bonds is 6. The molecule has 0 atom stereocenters. The highest BCUT2D eigenvalue weighted by Gasteiger charge is 2.22. The van der Waals surface area contributed by atoms with E-state index in [2.05, 4.69) is 22.7 Å². The molecule has 6 nitrogen and oxygen atoms in total. The Morgan fingerprint density at radius 3 is 2.68 bits per heavy atom. The number of hydrogen-bond acceptors (Lipinski definition) is 5. The molecule has 0 saturated heterocycles. The minimum Gasteiger partial charge on any atom is -0.465 e. The summed E-state index contributed by atoms with van der Waals surface area (Å²) in [6.45, 7) is 9.54. The molecule has 0 aromatic carbocycles. The molecule has 0 fully saturated rings. The van der Waals surface area contributed by atoms with E-state index in [4.69, 9.17) is 17.0 Å². The zero-order chi connectivity index (χ0) is 18.6. The van der Waals surface area contributed by atoms with Crippen LogP contribution in [0.15, 0.2) is 6.20 Å². The van der Waals surface area contributed by atoms with Crippen molar-refractivity contribution < 1.29 is 9.53 Å². The highest BCUT2D eigenvalue weighted by Crippen LogP contribution is 2.33. The Morgan fingerprint density at radius 2 is 2.12 bits per heavy atom. The van der Waals surface area contributed by atoms with Crippen molar-refractivity contribution in [2.24, 2.45) is 0 Å². The number of anilines is 1. The van der Waals surface area contributed by atoms with E-state index in [1.54, 1.807) is 0 Å². The number of nitrogens with zero attached hydrogens (tertiary/aromatic N) is 2. The zero-order valence-electron chi connectivity index (χ0n) is 15.2. The van der Waals surface area contributed by atoms with E-state index in [0.717, 1.165) is 39.7 Å². The first-order chi connectivity index (χ1) is 11.9. The van der Waals surface area contributed by atoms with Crippen molar-refractivity contribution in [3.05, 3.63) is 33.5 Å². The molecule has 8 heteroatoms. The van der Waals surface area contributed by atoms with Gasteiger partial charge >= 0.3 is 5.97 Å². The fourth-order valence-corrected chi connectivity index (χ4v) is 4.09. The smallest absolute Gasteiger partial charge is 0.341 e. The van der Waals surface area contributed by atoms with Gasteiger partial charge in [-0.3, -0.25) is 4.68 Å². The van der Waals surface area contributed by atoms with Crippen LogP contribution in [-0.4, -0.2) is 28.0 Å². The number of ether oxygens (including phenoxy) is 1. The van der Waals surface area contributed by atoms with Gasteiger partial charge in [0.05, 0.1) is 18.9 Å². The van der Waals surface area contributed by atoms with Gasteiger partial charge in [0.15, 0.2) is 5.11 Å². The van der Waals surface area contributed by atoms with E-state index < -0.39 is 0 Å². The summed E-state index contributed by atoms with van der Waals surface area (Å²) in [7, 11) is 1.39. The van der Waals surface area contributed by atoms with Gasteiger partial charge in [0, 0.05) is 29.2 Å². The molecule has 0 aliphatic heterocycles. The fraction of sp³-hybridized carbons (Fsp3) is 0.471. The Bertz CT molecular complexity index is 780. The Kier molecular flexibility index (Phi) is 6.55. The van der Waals surface area contributed by atoms with Crippen LogP contribution in [0.5, 0.6) is 0 Å². The molecule has 0 aliphatic rings. The zero-order valence-corrected chi connectivity index (χ0v) is 16.9. The minimum atomic E-state index is -0.341. The average molecular weight is 381 g/mol. The number of thiocarbonyl (C=S) groups is 1. The van der Waals surface area contributed by atoms with Crippen molar-refractivity contribution in [1.82, 2.24) is 15.1 Å². The summed E-state index contributed by atoms with van der Waals surface area (Å²) >= 11 is 6.90. The van der Waals surface area contributed by atoms with E-state index >= 15 is 0 Å². The van der Waals surface area contributed by atoms with Gasteiger partial charge in [0.25, 0.3) is 0 Å². The van der Waals surface area contributed by atoms with Crippen molar-refractivity contribution in [1.29, 1.82) is 0 Å². The second-order valence-corrected chi connectivity index (χ2v) is 7.20. The molecule has 0 aliphatic carbocycles. The first-order valence-electron chi connectivity index (χ1n) is 8.19. The number of esters is 1. The molecule has 0 amide bonds. The summed E-state index contributed by atoms with van der Waals surface area (Å²) in [6, 6.07) is 0. The summed E-state index contributed by atoms with van der Waals surface area (Å²) in [5.41, 5.74) is 3.79. The summed E-state index contributed by atoms with van der Waals surface area (Å²) in [5, 5.41) is 11.8. The maximum absolute atomic E-state index is 12.1. The molecule has 2 aromatic rings. The van der Waals surface area contributed by atoms with Crippen molar-refractivity contribution >= 4 is 39.6 Å². The number of methoxy groups -OCH3 is 1. The normalized spacial score (nSPS) is 10.6. The van der Waals surface area contributed by atoms with Gasteiger partial charge < -0.3 is 15.4 Å². The van der Waals surface area contributed by atoms with Crippen molar-refractivity contribution in [2.45, 2.75) is 47.2 Å². The maximum Gasteiger partial charge on any atom is 0.341 e. The van der Waals surface area contributed by atoms with Gasteiger partial charge in [-0.25, -0.2) is 4.79 Å². The number of hydrogen-bond donors (Lipinski definition) is 2. The standard InChI is InChI=1S/C17H24N4O2S2/c1-6-13-11(4)25-15(14(13)16(22)23-5)20-17(24)18-8-12-9-19-21(7-2)10(12)3/h9H,6-8H2,1-5H3,(H2,18,20,24). The second-order valence-electron chi connectivity index (χ2n) is 5.56. The number of thiophene rings is 1. The Morgan fingerprint density at radius 1 is 1.40 bits per heavy atom. The highest BCUT2D eigenvalue weighted by atomic mass is 32.1. The van der Waals surface area contributed by atoms with Gasteiger partial charge in [0.1, 0.15) is 5.00 Å². The van der Waals surface area contributed by atoms with Crippen LogP contribution in [0.1, 0.15) is 45.9 Å². The first kappa shape index (κ1) is 19.4. The molecule has 2 heterocycles. The van der Waals surface area contributed by atoms with Crippen LogP contribution in [0.3, 0.4) is 0 Å². The number of carbonyl (C=O) groups is 1. The largest absolute Gasteiger partial charge is 0.465 e. The summed E-state index contributed by atoms with van der Waals surface area (Å²) in [5.74, 6) is -0.341. The van der Waals surface area contributed by atoms with E-state index in [1.165, 1.54) is 18.4 Å². The van der Waals surface area contributed by atoms with E-state index in [-0.39, 0.29) is 5.97 Å². The third kappa shape index (κ3) is 4.19. The van der Waals surface area contributed by atoms with Crippen LogP contribution < -0.4 is 10.6 Å². The molecule has 136 valence electrons. The van der Waals surface area contributed by atoms with Gasteiger partial charge in [-0.1, -0.05) is 6.92 Å². The van der Waals surface area contributed by atoms with Crippen LogP contribution in [0.2, 0.25) is 0 Å². The van der Waals surface area contributed by atoms with E-state index in [9.17, 15) is 4.79 Å². The number of carbonyl (C=O) groups excluding carboxylic acids is 1. The predicted octanol–water partition coefficient (Wildman–Crippen LogP) is 3.42. The summed E-state index contributed by atoms with van der Waals surface area (Å²) in [4.78, 5) is 13.2. The Hall–Kier alpha value is -1.93. The first-order valence-corrected chi connectivity index (χ1v) is 9.42. The van der Waals surface area contributed by atoms with Crippen molar-refractivity contribution in [2.75, 3.05) is 12.4 Å². The molecule has 0 spiro atoms. The van der Waals surface area contributed by atoms with Gasteiger partial charge in [-0.05, 0) is 45.0 Å². The second kappa shape index (κ2) is 8.44. The number of nitrogens with one attached hydrogen (secondary N) is 2. The lowest BCUT2D eigenvalue weighted by molar-refractivity contribution is 0.0601. The minimum absolute atomic E-state index is 0.341. The molecule has 2 rings (SSSR count). The molecule has 0 radical (unpaired) electrons. The van der Waals surface area contributed by atoms with E-state index in [0.29, 0.717) is 17.2 Å². The number of aryl methyl sites for hydroxylation is 2. The fourth-order valence-electron chi connectivity index (χ4n) is 2.71. The summed E-state index contributed by atoms with van der Waals surface area (Å²) < 4.78 is 6.87. The SMILES string of the molecule is CCc1c(C)sc(NC(=S)NCc2cnn(CC)c2C)c1C(=O)OC. The average Bonchev–Trinajstić information content (AvgIpc) is 3.11. The third-order valence-corrected chi connectivity index (χ3v) is 5.43. The molecule has 0 bridgehead atoms. The van der Waals surface area contributed by atoms with Crippen LogP contribution >= 0.6 is 23.6 Å².